The highest BCUT2D eigenvalue weighted by atomic mass is 19.1. The molecule has 0 amide bonds. The van der Waals surface area contributed by atoms with Crippen molar-refractivity contribution in [1.82, 2.24) is 0 Å². The fourth-order valence-electron chi connectivity index (χ4n) is 2.13. The lowest BCUT2D eigenvalue weighted by molar-refractivity contribution is 0.577. The van der Waals surface area contributed by atoms with E-state index in [1.165, 1.54) is 6.07 Å². The van der Waals surface area contributed by atoms with Crippen molar-refractivity contribution in [3.8, 4) is 0 Å². The average Bonchev–Trinajstić information content (AvgIpc) is 2.42. The number of hydrogen-bond acceptors (Lipinski definition) is 1. The second kappa shape index (κ2) is 5.83. The Morgan fingerprint density at radius 3 is 2.58 bits per heavy atom. The Morgan fingerprint density at radius 2 is 1.84 bits per heavy atom. The highest BCUT2D eigenvalue weighted by Gasteiger charge is 2.12. The van der Waals surface area contributed by atoms with E-state index < -0.39 is 11.6 Å². The van der Waals surface area contributed by atoms with Crippen LogP contribution in [0.1, 0.15) is 31.0 Å². The van der Waals surface area contributed by atoms with Gasteiger partial charge in [-0.3, -0.25) is 0 Å². The zero-order valence-corrected chi connectivity index (χ0v) is 11.1. The van der Waals surface area contributed by atoms with E-state index in [2.05, 4.69) is 12.2 Å². The molecule has 0 saturated heterocycles. The van der Waals surface area contributed by atoms with Gasteiger partial charge in [-0.15, -0.1) is 0 Å². The molecule has 2 rings (SSSR count). The van der Waals surface area contributed by atoms with Crippen molar-refractivity contribution < 1.29 is 8.78 Å². The lowest BCUT2D eigenvalue weighted by atomic mass is 10.1. The normalized spacial score (nSPS) is 12.2. The van der Waals surface area contributed by atoms with Gasteiger partial charge in [0.1, 0.15) is 11.6 Å². The Balaban J connectivity index is 2.25. The molecule has 0 bridgehead atoms. The summed E-state index contributed by atoms with van der Waals surface area (Å²) in [7, 11) is 0. The van der Waals surface area contributed by atoms with E-state index in [1.807, 2.05) is 31.2 Å². The van der Waals surface area contributed by atoms with Crippen molar-refractivity contribution in [1.29, 1.82) is 0 Å². The fraction of sp³-hybridized carbons (Fsp3) is 0.250. The zero-order chi connectivity index (χ0) is 13.8. The van der Waals surface area contributed by atoms with E-state index in [0.29, 0.717) is 5.56 Å². The van der Waals surface area contributed by atoms with Crippen LogP contribution < -0.4 is 5.32 Å². The van der Waals surface area contributed by atoms with Crippen LogP contribution >= 0.6 is 0 Å². The molecule has 1 unspecified atom stereocenters. The molecule has 2 aromatic carbocycles. The number of rotatable bonds is 4. The Hall–Kier alpha value is -1.90. The summed E-state index contributed by atoms with van der Waals surface area (Å²) in [5.74, 6) is -0.816. The van der Waals surface area contributed by atoms with E-state index in [0.717, 1.165) is 29.8 Å². The number of benzene rings is 2. The van der Waals surface area contributed by atoms with Crippen molar-refractivity contribution in [2.45, 2.75) is 26.3 Å². The quantitative estimate of drug-likeness (QED) is 0.841. The first-order chi connectivity index (χ1) is 9.11. The Bertz CT molecular complexity index is 566. The third kappa shape index (κ3) is 3.11. The minimum absolute atomic E-state index is 0.289. The van der Waals surface area contributed by atoms with Crippen molar-refractivity contribution in [3.63, 3.8) is 0 Å². The Kier molecular flexibility index (Phi) is 4.15. The van der Waals surface area contributed by atoms with Gasteiger partial charge in [0.25, 0.3) is 0 Å². The second-order valence-electron chi connectivity index (χ2n) is 4.54. The predicted octanol–water partition coefficient (Wildman–Crippen LogP) is 4.70. The van der Waals surface area contributed by atoms with Crippen molar-refractivity contribution in [2.24, 2.45) is 0 Å². The molecule has 0 radical (unpaired) electrons. The van der Waals surface area contributed by atoms with Crippen molar-refractivity contribution in [3.05, 3.63) is 65.2 Å². The minimum atomic E-state index is -0.422. The number of anilines is 1. The summed E-state index contributed by atoms with van der Waals surface area (Å²) in [4.78, 5) is 0. The number of nitrogens with one attached hydrogen (secondary N) is 1. The average molecular weight is 261 g/mol. The third-order valence-corrected chi connectivity index (χ3v) is 3.19. The molecule has 1 nitrogen and oxygen atoms in total. The first-order valence-electron chi connectivity index (χ1n) is 6.41. The maximum absolute atomic E-state index is 13.7. The van der Waals surface area contributed by atoms with Crippen LogP contribution in [0.2, 0.25) is 0 Å². The van der Waals surface area contributed by atoms with Gasteiger partial charge in [0.2, 0.25) is 0 Å². The number of hydrogen-bond donors (Lipinski definition) is 1. The summed E-state index contributed by atoms with van der Waals surface area (Å²) < 4.78 is 26.9. The summed E-state index contributed by atoms with van der Waals surface area (Å²) in [6.45, 7) is 3.89. The summed E-state index contributed by atoms with van der Waals surface area (Å²) in [5.41, 5.74) is 2.46. The topological polar surface area (TPSA) is 12.0 Å². The second-order valence-corrected chi connectivity index (χ2v) is 4.54. The van der Waals surface area contributed by atoms with Crippen LogP contribution in [-0.4, -0.2) is 0 Å². The molecule has 100 valence electrons. The predicted molar refractivity (Wildman–Crippen MR) is 74.2 cm³/mol. The standard InChI is InChI=1S/C16H17F2N/c1-3-12-6-4-5-7-16(12)19-11(2)14-10-13(17)8-9-15(14)18/h4-11,19H,3H2,1-2H3. The van der Waals surface area contributed by atoms with Crippen LogP contribution in [0.5, 0.6) is 0 Å². The fourth-order valence-corrected chi connectivity index (χ4v) is 2.13. The Morgan fingerprint density at radius 1 is 1.11 bits per heavy atom. The molecular formula is C16H17F2N. The van der Waals surface area contributed by atoms with E-state index in [-0.39, 0.29) is 6.04 Å². The van der Waals surface area contributed by atoms with Gasteiger partial charge in [-0.25, -0.2) is 8.78 Å². The number of para-hydroxylation sites is 1. The minimum Gasteiger partial charge on any atom is -0.378 e. The maximum atomic E-state index is 13.7. The smallest absolute Gasteiger partial charge is 0.128 e. The molecule has 0 aliphatic rings. The van der Waals surface area contributed by atoms with Crippen LogP contribution in [0.3, 0.4) is 0 Å². The molecule has 19 heavy (non-hydrogen) atoms. The van der Waals surface area contributed by atoms with E-state index in [1.54, 1.807) is 0 Å². The molecule has 0 aliphatic carbocycles. The lowest BCUT2D eigenvalue weighted by Crippen LogP contribution is -2.10. The van der Waals surface area contributed by atoms with E-state index >= 15 is 0 Å². The summed E-state index contributed by atoms with van der Waals surface area (Å²) >= 11 is 0. The van der Waals surface area contributed by atoms with Gasteiger partial charge in [0, 0.05) is 11.3 Å². The van der Waals surface area contributed by atoms with Gasteiger partial charge in [0.15, 0.2) is 0 Å². The highest BCUT2D eigenvalue weighted by molar-refractivity contribution is 5.52. The highest BCUT2D eigenvalue weighted by Crippen LogP contribution is 2.25. The summed E-state index contributed by atoms with van der Waals surface area (Å²) in [6.07, 6.45) is 0.890. The monoisotopic (exact) mass is 261 g/mol. The largest absolute Gasteiger partial charge is 0.378 e. The SMILES string of the molecule is CCc1ccccc1NC(C)c1cc(F)ccc1F. The van der Waals surface area contributed by atoms with Crippen LogP contribution in [0.4, 0.5) is 14.5 Å². The molecule has 3 heteroatoms. The molecule has 0 fully saturated rings. The molecular weight excluding hydrogens is 244 g/mol. The van der Waals surface area contributed by atoms with Crippen molar-refractivity contribution >= 4 is 5.69 Å². The molecule has 2 aromatic rings. The molecule has 0 heterocycles. The van der Waals surface area contributed by atoms with Crippen LogP contribution in [-0.2, 0) is 6.42 Å². The van der Waals surface area contributed by atoms with Gasteiger partial charge in [-0.2, -0.15) is 0 Å². The van der Waals surface area contributed by atoms with E-state index in [4.69, 9.17) is 0 Å². The van der Waals surface area contributed by atoms with Gasteiger partial charge >= 0.3 is 0 Å². The molecule has 1 N–H and O–H groups in total. The maximum Gasteiger partial charge on any atom is 0.128 e. The number of halogens is 2. The molecule has 0 saturated carbocycles. The van der Waals surface area contributed by atoms with Crippen LogP contribution in [0.25, 0.3) is 0 Å². The molecule has 0 aromatic heterocycles. The van der Waals surface area contributed by atoms with Crippen LogP contribution in [0, 0.1) is 11.6 Å². The lowest BCUT2D eigenvalue weighted by Gasteiger charge is -2.18. The molecule has 1 atom stereocenters. The number of aryl methyl sites for hydroxylation is 1. The van der Waals surface area contributed by atoms with Gasteiger partial charge in [-0.05, 0) is 43.2 Å². The first kappa shape index (κ1) is 13.5. The van der Waals surface area contributed by atoms with Crippen LogP contribution in [0.15, 0.2) is 42.5 Å². The van der Waals surface area contributed by atoms with Gasteiger partial charge < -0.3 is 5.32 Å². The first-order valence-corrected chi connectivity index (χ1v) is 6.41. The molecule has 0 aliphatic heterocycles. The summed E-state index contributed by atoms with van der Waals surface area (Å²) in [6, 6.07) is 11.1. The van der Waals surface area contributed by atoms with Gasteiger partial charge in [-0.1, -0.05) is 25.1 Å². The van der Waals surface area contributed by atoms with Gasteiger partial charge in [0.05, 0.1) is 6.04 Å². The Labute approximate surface area is 112 Å². The molecule has 0 spiro atoms. The van der Waals surface area contributed by atoms with Crippen molar-refractivity contribution in [2.75, 3.05) is 5.32 Å². The van der Waals surface area contributed by atoms with E-state index in [9.17, 15) is 8.78 Å². The zero-order valence-electron chi connectivity index (χ0n) is 11.1. The third-order valence-electron chi connectivity index (χ3n) is 3.19. The summed E-state index contributed by atoms with van der Waals surface area (Å²) in [5, 5.41) is 3.24.